The van der Waals surface area contributed by atoms with E-state index in [4.69, 9.17) is 4.74 Å². The average Bonchev–Trinajstić information content (AvgIpc) is 3.24. The van der Waals surface area contributed by atoms with Crippen LogP contribution >= 0.6 is 23.5 Å². The fraction of sp³-hybridized carbons (Fsp3) is 0.340. The molecule has 0 unspecified atom stereocenters. The van der Waals surface area contributed by atoms with Gasteiger partial charge in [-0.2, -0.15) is 11.8 Å². The van der Waals surface area contributed by atoms with Crippen molar-refractivity contribution in [3.05, 3.63) is 156 Å². The van der Waals surface area contributed by atoms with E-state index in [1.807, 2.05) is 42.7 Å². The number of rotatable bonds is 21. The third-order valence-electron chi connectivity index (χ3n) is 10.4. The number of nitrogens with one attached hydrogen (secondary N) is 2. The molecule has 7 nitrogen and oxygen atoms in total. The van der Waals surface area contributed by atoms with Crippen molar-refractivity contribution in [2.45, 2.75) is 56.5 Å². The first-order valence-electron chi connectivity index (χ1n) is 19.4. The number of carbonyl (C=O) groups excluding carboxylic acids is 3. The number of fused-ring (bicyclic) bond motifs is 1. The number of ether oxygens (including phenoxy) is 1. The van der Waals surface area contributed by atoms with E-state index in [9.17, 15) is 14.4 Å². The molecule has 0 saturated heterocycles. The molecular formula is C47H55N3O4S2. The van der Waals surface area contributed by atoms with E-state index < -0.39 is 16.8 Å². The van der Waals surface area contributed by atoms with Crippen LogP contribution in [0, 0.1) is 5.92 Å². The summed E-state index contributed by atoms with van der Waals surface area (Å²) in [5, 5.41) is 8.57. The number of benzene rings is 5. The highest BCUT2D eigenvalue weighted by Crippen LogP contribution is 2.48. The van der Waals surface area contributed by atoms with Crippen LogP contribution in [0.1, 0.15) is 55.4 Å². The molecule has 5 rings (SSSR count). The zero-order valence-corrected chi connectivity index (χ0v) is 34.6. The predicted molar refractivity (Wildman–Crippen MR) is 234 cm³/mol. The van der Waals surface area contributed by atoms with E-state index in [0.29, 0.717) is 37.4 Å². The second kappa shape index (κ2) is 21.7. The Morgan fingerprint density at radius 1 is 0.732 bits per heavy atom. The maximum Gasteiger partial charge on any atom is 0.328 e. The van der Waals surface area contributed by atoms with Crippen LogP contribution in [-0.2, 0) is 30.4 Å². The first-order valence-corrected chi connectivity index (χ1v) is 21.8. The molecule has 9 heteroatoms. The third kappa shape index (κ3) is 11.3. The molecule has 0 aromatic heterocycles. The molecule has 0 heterocycles. The maximum absolute atomic E-state index is 14.0. The molecule has 5 aromatic rings. The van der Waals surface area contributed by atoms with Crippen LogP contribution in [-0.4, -0.2) is 72.7 Å². The summed E-state index contributed by atoms with van der Waals surface area (Å²) in [6.07, 6.45) is 3.63. The van der Waals surface area contributed by atoms with Gasteiger partial charge in [-0.1, -0.05) is 154 Å². The minimum Gasteiger partial charge on any atom is -0.467 e. The summed E-state index contributed by atoms with van der Waals surface area (Å²) in [6, 6.07) is 45.1. The number of thioether (sulfide) groups is 2. The molecule has 294 valence electrons. The van der Waals surface area contributed by atoms with Crippen LogP contribution in [0.4, 0.5) is 0 Å². The lowest BCUT2D eigenvalue weighted by molar-refractivity contribution is -0.145. The van der Waals surface area contributed by atoms with Crippen molar-refractivity contribution in [1.29, 1.82) is 0 Å². The van der Waals surface area contributed by atoms with Gasteiger partial charge in [-0.25, -0.2) is 4.79 Å². The monoisotopic (exact) mass is 789 g/mol. The van der Waals surface area contributed by atoms with Crippen molar-refractivity contribution >= 4 is 52.1 Å². The quantitative estimate of drug-likeness (QED) is 0.0569. The molecule has 0 fully saturated rings. The lowest BCUT2D eigenvalue weighted by Gasteiger charge is -2.35. The SMILES string of the molecule is CC[C@H](C)[C@@H](CN(CC(=O)N[C@@H](CCSC)C(=O)OC)Cc1cccc2ccccc12)NC(=O)CCSC(c1ccccc1)(c1ccccc1)c1ccccc1. The van der Waals surface area contributed by atoms with Crippen LogP contribution in [0.25, 0.3) is 10.8 Å². The van der Waals surface area contributed by atoms with E-state index in [2.05, 4.69) is 126 Å². The Hall–Kier alpha value is -4.57. The van der Waals surface area contributed by atoms with Gasteiger partial charge in [-0.05, 0) is 57.4 Å². The van der Waals surface area contributed by atoms with Gasteiger partial charge in [-0.15, -0.1) is 11.8 Å². The van der Waals surface area contributed by atoms with Gasteiger partial charge in [0.25, 0.3) is 0 Å². The fourth-order valence-electron chi connectivity index (χ4n) is 7.20. The molecule has 0 aliphatic heterocycles. The van der Waals surface area contributed by atoms with Crippen molar-refractivity contribution in [2.75, 3.05) is 38.0 Å². The number of hydrogen-bond acceptors (Lipinski definition) is 7. The lowest BCUT2D eigenvalue weighted by atomic mass is 9.84. The van der Waals surface area contributed by atoms with Gasteiger partial charge >= 0.3 is 5.97 Å². The standard InChI is InChI=1S/C47H55N3O4S2/c1-5-35(2)43(33-50(32-37-20-17-19-36-18-15-16-27-41(36)37)34-45(52)48-42(28-30-55-4)46(53)54-3)49-44(51)29-31-56-47(38-21-9-6-10-22-38,39-23-11-7-12-24-39)40-25-13-8-14-26-40/h6-27,35,42-43H,5,28-34H2,1-4H3,(H,48,52)(H,49,51)/t35-,42-,43+/m0/s1. The molecule has 0 spiro atoms. The van der Waals surface area contributed by atoms with E-state index in [-0.39, 0.29) is 30.3 Å². The smallest absolute Gasteiger partial charge is 0.328 e. The Morgan fingerprint density at radius 3 is 1.88 bits per heavy atom. The largest absolute Gasteiger partial charge is 0.467 e. The molecule has 0 aliphatic carbocycles. The van der Waals surface area contributed by atoms with Crippen LogP contribution < -0.4 is 10.6 Å². The topological polar surface area (TPSA) is 87.7 Å². The minimum absolute atomic E-state index is 0.0248. The van der Waals surface area contributed by atoms with Crippen molar-refractivity contribution in [2.24, 2.45) is 5.92 Å². The van der Waals surface area contributed by atoms with Crippen molar-refractivity contribution in [3.8, 4) is 0 Å². The molecule has 0 saturated carbocycles. The average molecular weight is 790 g/mol. The van der Waals surface area contributed by atoms with Gasteiger partial charge in [0.1, 0.15) is 6.04 Å². The molecule has 2 amide bonds. The van der Waals surface area contributed by atoms with Gasteiger partial charge in [0.15, 0.2) is 0 Å². The Labute approximate surface area is 341 Å². The normalized spacial score (nSPS) is 13.2. The number of nitrogens with zero attached hydrogens (tertiary/aromatic N) is 1. The summed E-state index contributed by atoms with van der Waals surface area (Å²) in [5.41, 5.74) is 4.56. The number of carbonyl (C=O) groups is 3. The van der Waals surface area contributed by atoms with E-state index >= 15 is 0 Å². The fourth-order valence-corrected chi connectivity index (χ4v) is 9.17. The van der Waals surface area contributed by atoms with Crippen molar-refractivity contribution in [3.63, 3.8) is 0 Å². The van der Waals surface area contributed by atoms with Crippen LogP contribution in [0.15, 0.2) is 133 Å². The number of amides is 2. The molecule has 5 aromatic carbocycles. The third-order valence-corrected chi connectivity index (χ3v) is 12.6. The zero-order chi connectivity index (χ0) is 39.8. The zero-order valence-electron chi connectivity index (χ0n) is 33.0. The van der Waals surface area contributed by atoms with Crippen molar-refractivity contribution in [1.82, 2.24) is 15.5 Å². The molecule has 0 aliphatic rings. The number of esters is 1. The van der Waals surface area contributed by atoms with E-state index in [0.717, 1.165) is 39.4 Å². The minimum atomic E-state index is -0.725. The highest BCUT2D eigenvalue weighted by atomic mass is 32.2. The Balaban J connectivity index is 1.36. The van der Waals surface area contributed by atoms with Crippen LogP contribution in [0.2, 0.25) is 0 Å². The molecule has 0 bridgehead atoms. The second-order valence-electron chi connectivity index (χ2n) is 14.2. The highest BCUT2D eigenvalue weighted by molar-refractivity contribution is 8.00. The summed E-state index contributed by atoms with van der Waals surface area (Å²) in [5.74, 6) is 0.709. The van der Waals surface area contributed by atoms with Gasteiger partial charge in [0, 0.05) is 31.3 Å². The van der Waals surface area contributed by atoms with Gasteiger partial charge in [0.05, 0.1) is 18.4 Å². The molecular weight excluding hydrogens is 735 g/mol. The van der Waals surface area contributed by atoms with E-state index in [1.165, 1.54) is 7.11 Å². The Morgan fingerprint density at radius 2 is 1.30 bits per heavy atom. The summed E-state index contributed by atoms with van der Waals surface area (Å²) >= 11 is 3.39. The molecule has 56 heavy (non-hydrogen) atoms. The highest BCUT2D eigenvalue weighted by Gasteiger charge is 2.37. The Kier molecular flexibility index (Phi) is 16.5. The van der Waals surface area contributed by atoms with Gasteiger partial charge in [-0.3, -0.25) is 14.5 Å². The first-order chi connectivity index (χ1) is 27.3. The summed E-state index contributed by atoms with van der Waals surface area (Å²) in [7, 11) is 1.34. The number of methoxy groups -OCH3 is 1. The molecule has 0 radical (unpaired) electrons. The first kappa shape index (κ1) is 42.6. The van der Waals surface area contributed by atoms with Gasteiger partial charge in [0.2, 0.25) is 11.8 Å². The molecule has 3 atom stereocenters. The van der Waals surface area contributed by atoms with Crippen LogP contribution in [0.5, 0.6) is 0 Å². The summed E-state index contributed by atoms with van der Waals surface area (Å²) in [4.78, 5) is 42.3. The second-order valence-corrected chi connectivity index (χ2v) is 16.5. The Bertz CT molecular complexity index is 1880. The maximum atomic E-state index is 14.0. The van der Waals surface area contributed by atoms with Gasteiger partial charge < -0.3 is 15.4 Å². The molecule has 2 N–H and O–H groups in total. The van der Waals surface area contributed by atoms with E-state index in [1.54, 1.807) is 23.5 Å². The lowest BCUT2D eigenvalue weighted by Crippen LogP contribution is -2.51. The predicted octanol–water partition coefficient (Wildman–Crippen LogP) is 8.70. The van der Waals surface area contributed by atoms with Crippen LogP contribution in [0.3, 0.4) is 0 Å². The van der Waals surface area contributed by atoms with Crippen molar-refractivity contribution < 1.29 is 19.1 Å². The summed E-state index contributed by atoms with van der Waals surface area (Å²) in [6.45, 7) is 5.29. The summed E-state index contributed by atoms with van der Waals surface area (Å²) < 4.78 is 4.50. The number of hydrogen-bond donors (Lipinski definition) is 2.